The highest BCUT2D eigenvalue weighted by Gasteiger charge is 2.16. The average molecular weight is 356 g/mol. The maximum Gasteiger partial charge on any atom is 0.271 e. The Morgan fingerprint density at radius 3 is 2.48 bits per heavy atom. The summed E-state index contributed by atoms with van der Waals surface area (Å²) in [5.74, 6) is 4.57. The van der Waals surface area contributed by atoms with Gasteiger partial charge in [-0.05, 0) is 30.3 Å². The predicted octanol–water partition coefficient (Wildman–Crippen LogP) is 1.51. The fourth-order valence-corrected chi connectivity index (χ4v) is 3.06. The number of para-hydroxylation sites is 1. The van der Waals surface area contributed by atoms with Gasteiger partial charge in [0.25, 0.3) is 15.9 Å². The minimum absolute atomic E-state index is 0.0259. The normalized spacial score (nSPS) is 10.9. The van der Waals surface area contributed by atoms with Crippen LogP contribution in [0.2, 0.25) is 5.02 Å². The van der Waals surface area contributed by atoms with Crippen molar-refractivity contribution < 1.29 is 17.9 Å². The highest BCUT2D eigenvalue weighted by molar-refractivity contribution is 7.92. The van der Waals surface area contributed by atoms with Gasteiger partial charge in [-0.3, -0.25) is 14.9 Å². The number of anilines is 1. The summed E-state index contributed by atoms with van der Waals surface area (Å²) in [5, 5.41) is 0.0609. The van der Waals surface area contributed by atoms with Crippen molar-refractivity contribution in [3.8, 4) is 5.75 Å². The zero-order chi connectivity index (χ0) is 16.9. The Morgan fingerprint density at radius 1 is 1.17 bits per heavy atom. The van der Waals surface area contributed by atoms with Crippen LogP contribution in [0.1, 0.15) is 0 Å². The molecule has 0 spiro atoms. The third kappa shape index (κ3) is 4.59. The summed E-state index contributed by atoms with van der Waals surface area (Å²) in [4.78, 5) is 11.0. The van der Waals surface area contributed by atoms with Crippen molar-refractivity contribution in [3.05, 3.63) is 53.6 Å². The molecule has 0 radical (unpaired) electrons. The first-order valence-corrected chi connectivity index (χ1v) is 8.28. The van der Waals surface area contributed by atoms with Crippen molar-refractivity contribution >= 4 is 33.2 Å². The van der Waals surface area contributed by atoms with Gasteiger partial charge in [-0.15, -0.1) is 0 Å². The Hall–Kier alpha value is -2.29. The van der Waals surface area contributed by atoms with Gasteiger partial charge in [-0.1, -0.05) is 29.8 Å². The summed E-state index contributed by atoms with van der Waals surface area (Å²) in [5.41, 5.74) is 2.34. The van der Waals surface area contributed by atoms with Crippen molar-refractivity contribution in [1.29, 1.82) is 0 Å². The molecule has 4 N–H and O–H groups in total. The molecule has 0 atom stereocenters. The standard InChI is InChI=1S/C14H14ClN3O4S/c15-12-8-11(6-7-13(12)22-9-14(19)17-16)23(20,21)18-10-4-2-1-3-5-10/h1-8,18H,9,16H2,(H,17,19). The van der Waals surface area contributed by atoms with Crippen molar-refractivity contribution in [1.82, 2.24) is 5.43 Å². The first-order chi connectivity index (χ1) is 10.9. The minimum atomic E-state index is -3.78. The van der Waals surface area contributed by atoms with Gasteiger partial charge < -0.3 is 4.74 Å². The zero-order valence-electron chi connectivity index (χ0n) is 11.8. The molecule has 0 heterocycles. The number of carbonyl (C=O) groups excluding carboxylic acids is 1. The maximum atomic E-state index is 12.3. The van der Waals surface area contributed by atoms with Crippen LogP contribution in [0.4, 0.5) is 5.69 Å². The van der Waals surface area contributed by atoms with Gasteiger partial charge >= 0.3 is 0 Å². The van der Waals surface area contributed by atoms with E-state index in [0.717, 1.165) is 0 Å². The quantitative estimate of drug-likeness (QED) is 0.413. The summed E-state index contributed by atoms with van der Waals surface area (Å²) in [6, 6.07) is 12.4. The number of hydrazine groups is 1. The predicted molar refractivity (Wildman–Crippen MR) is 86.5 cm³/mol. The number of carbonyl (C=O) groups is 1. The molecule has 0 fully saturated rings. The molecular formula is C14H14ClN3O4S. The molecule has 0 bridgehead atoms. The molecule has 0 aliphatic carbocycles. The van der Waals surface area contributed by atoms with Crippen LogP contribution in [0.5, 0.6) is 5.75 Å². The molecule has 0 saturated carbocycles. The second kappa shape index (κ2) is 7.32. The highest BCUT2D eigenvalue weighted by atomic mass is 35.5. The van der Waals surface area contributed by atoms with Gasteiger partial charge in [0, 0.05) is 5.69 Å². The van der Waals surface area contributed by atoms with Crippen molar-refractivity contribution in [2.24, 2.45) is 5.84 Å². The molecule has 9 heteroatoms. The number of hydrogen-bond donors (Lipinski definition) is 3. The number of nitrogens with two attached hydrogens (primary N) is 1. The third-order valence-corrected chi connectivity index (χ3v) is 4.43. The van der Waals surface area contributed by atoms with Gasteiger partial charge in [0.15, 0.2) is 6.61 Å². The van der Waals surface area contributed by atoms with Crippen LogP contribution >= 0.6 is 11.6 Å². The number of benzene rings is 2. The van der Waals surface area contributed by atoms with E-state index in [4.69, 9.17) is 22.2 Å². The Balaban J connectivity index is 2.17. The van der Waals surface area contributed by atoms with E-state index in [0.29, 0.717) is 5.69 Å². The fraction of sp³-hybridized carbons (Fsp3) is 0.0714. The van der Waals surface area contributed by atoms with Gasteiger partial charge in [0.1, 0.15) is 5.75 Å². The number of halogens is 1. The first kappa shape index (κ1) is 17.1. The van der Waals surface area contributed by atoms with E-state index in [1.165, 1.54) is 18.2 Å². The fourth-order valence-electron chi connectivity index (χ4n) is 1.67. The highest BCUT2D eigenvalue weighted by Crippen LogP contribution is 2.28. The van der Waals surface area contributed by atoms with Crippen molar-refractivity contribution in [2.45, 2.75) is 4.90 Å². The van der Waals surface area contributed by atoms with Crippen LogP contribution in [0, 0.1) is 0 Å². The van der Waals surface area contributed by atoms with Crippen molar-refractivity contribution in [2.75, 3.05) is 11.3 Å². The molecular weight excluding hydrogens is 342 g/mol. The smallest absolute Gasteiger partial charge is 0.271 e. The van der Waals surface area contributed by atoms with Crippen LogP contribution in [0.15, 0.2) is 53.4 Å². The topological polar surface area (TPSA) is 111 Å². The molecule has 0 aromatic heterocycles. The Kier molecular flexibility index (Phi) is 5.43. The van der Waals surface area contributed by atoms with E-state index >= 15 is 0 Å². The summed E-state index contributed by atoms with van der Waals surface area (Å²) >= 11 is 5.98. The van der Waals surface area contributed by atoms with E-state index in [9.17, 15) is 13.2 Å². The van der Waals surface area contributed by atoms with Crippen LogP contribution < -0.4 is 20.7 Å². The minimum Gasteiger partial charge on any atom is -0.482 e. The molecule has 2 aromatic rings. The van der Waals surface area contributed by atoms with E-state index in [2.05, 4.69) is 4.72 Å². The monoisotopic (exact) mass is 355 g/mol. The lowest BCUT2D eigenvalue weighted by Crippen LogP contribution is -2.34. The Morgan fingerprint density at radius 2 is 1.87 bits per heavy atom. The van der Waals surface area contributed by atoms with E-state index in [1.54, 1.807) is 30.3 Å². The van der Waals surface area contributed by atoms with E-state index < -0.39 is 15.9 Å². The van der Waals surface area contributed by atoms with Gasteiger partial charge in [0.05, 0.1) is 9.92 Å². The molecule has 122 valence electrons. The lowest BCUT2D eigenvalue weighted by Gasteiger charge is -2.11. The van der Waals surface area contributed by atoms with Crippen LogP contribution in [0.25, 0.3) is 0 Å². The number of sulfonamides is 1. The molecule has 2 rings (SSSR count). The number of rotatable bonds is 6. The van der Waals surface area contributed by atoms with Gasteiger partial charge in [-0.2, -0.15) is 0 Å². The summed E-state index contributed by atoms with van der Waals surface area (Å²) in [7, 11) is -3.78. The number of ether oxygens (including phenoxy) is 1. The number of amides is 1. The largest absolute Gasteiger partial charge is 0.482 e. The Bertz CT molecular complexity index is 797. The summed E-state index contributed by atoms with van der Waals surface area (Å²) < 4.78 is 32.1. The van der Waals surface area contributed by atoms with Gasteiger partial charge in [0.2, 0.25) is 0 Å². The number of hydrogen-bond acceptors (Lipinski definition) is 5. The summed E-state index contributed by atoms with van der Waals surface area (Å²) in [6.07, 6.45) is 0. The second-order valence-electron chi connectivity index (χ2n) is 4.42. The molecule has 0 saturated heterocycles. The summed E-state index contributed by atoms with van der Waals surface area (Å²) in [6.45, 7) is -0.329. The SMILES string of the molecule is NNC(=O)COc1ccc(S(=O)(=O)Nc2ccccc2)cc1Cl. The zero-order valence-corrected chi connectivity index (χ0v) is 13.4. The van der Waals surface area contributed by atoms with Crippen LogP contribution in [-0.2, 0) is 14.8 Å². The Labute approximate surface area is 138 Å². The van der Waals surface area contributed by atoms with E-state index in [1.807, 2.05) is 5.43 Å². The van der Waals surface area contributed by atoms with E-state index in [-0.39, 0.29) is 22.3 Å². The molecule has 2 aromatic carbocycles. The average Bonchev–Trinajstić information content (AvgIpc) is 2.53. The molecule has 0 aliphatic rings. The number of nitrogens with one attached hydrogen (secondary N) is 2. The second-order valence-corrected chi connectivity index (χ2v) is 6.51. The molecule has 0 unspecified atom stereocenters. The maximum absolute atomic E-state index is 12.3. The molecule has 23 heavy (non-hydrogen) atoms. The lowest BCUT2D eigenvalue weighted by molar-refractivity contribution is -0.123. The first-order valence-electron chi connectivity index (χ1n) is 6.42. The molecule has 1 amide bonds. The van der Waals surface area contributed by atoms with Crippen LogP contribution in [-0.4, -0.2) is 20.9 Å². The third-order valence-electron chi connectivity index (χ3n) is 2.76. The molecule has 7 nitrogen and oxygen atoms in total. The molecule has 0 aliphatic heterocycles. The van der Waals surface area contributed by atoms with Gasteiger partial charge in [-0.25, -0.2) is 14.3 Å². The lowest BCUT2D eigenvalue weighted by atomic mass is 10.3. The van der Waals surface area contributed by atoms with Crippen LogP contribution in [0.3, 0.4) is 0 Å². The van der Waals surface area contributed by atoms with Crippen molar-refractivity contribution in [3.63, 3.8) is 0 Å².